The van der Waals surface area contributed by atoms with Crippen LogP contribution in [0.1, 0.15) is 34.5 Å². The van der Waals surface area contributed by atoms with Crippen molar-refractivity contribution in [2.24, 2.45) is 5.92 Å². The lowest BCUT2D eigenvalue weighted by molar-refractivity contribution is 0.0955. The van der Waals surface area contributed by atoms with E-state index in [4.69, 9.17) is 4.74 Å². The molecule has 41 heavy (non-hydrogen) atoms. The zero-order chi connectivity index (χ0) is 28.4. The number of rotatable bonds is 12. The Morgan fingerprint density at radius 2 is 1.93 bits per heavy atom. The normalized spacial score (nSPS) is 14.1. The molecule has 1 aliphatic heterocycles. The van der Waals surface area contributed by atoms with Crippen LogP contribution >= 0.6 is 11.3 Å². The maximum Gasteiger partial charge on any atom is 0.261 e. The number of aromatic nitrogens is 2. The van der Waals surface area contributed by atoms with Crippen LogP contribution in [0.15, 0.2) is 72.9 Å². The summed E-state index contributed by atoms with van der Waals surface area (Å²) >= 11 is 1.36. The van der Waals surface area contributed by atoms with Gasteiger partial charge in [0.25, 0.3) is 5.91 Å². The average molecular weight is 574 g/mol. The lowest BCUT2D eigenvalue weighted by Gasteiger charge is -2.30. The number of aromatic hydroxyl groups is 1. The van der Waals surface area contributed by atoms with Gasteiger partial charge in [-0.1, -0.05) is 18.2 Å². The number of carbonyl (C=O) groups excluding carboxylic acids is 1. The van der Waals surface area contributed by atoms with Crippen LogP contribution in [0.3, 0.4) is 0 Å². The number of ether oxygens (including phenoxy) is 1. The van der Waals surface area contributed by atoms with E-state index in [9.17, 15) is 15.0 Å². The molecule has 1 saturated heterocycles. The molecule has 4 aromatic rings. The van der Waals surface area contributed by atoms with E-state index in [1.807, 2.05) is 42.5 Å². The van der Waals surface area contributed by atoms with Crippen molar-refractivity contribution in [1.82, 2.24) is 20.2 Å². The molecule has 10 heteroatoms. The monoisotopic (exact) mass is 573 g/mol. The molecular weight excluding hydrogens is 538 g/mol. The molecule has 2 aromatic carbocycles. The van der Waals surface area contributed by atoms with Gasteiger partial charge in [0.1, 0.15) is 11.5 Å². The Morgan fingerprint density at radius 1 is 1.07 bits per heavy atom. The maximum absolute atomic E-state index is 12.7. The van der Waals surface area contributed by atoms with Crippen molar-refractivity contribution in [2.45, 2.75) is 25.8 Å². The summed E-state index contributed by atoms with van der Waals surface area (Å²) in [6.45, 7) is 4.36. The van der Waals surface area contributed by atoms with Crippen LogP contribution in [0, 0.1) is 5.92 Å². The molecule has 0 unspecified atom stereocenters. The molecule has 1 amide bonds. The molecule has 9 nitrogen and oxygen atoms in total. The Hall–Kier alpha value is -3.99. The molecule has 1 fully saturated rings. The van der Waals surface area contributed by atoms with E-state index >= 15 is 0 Å². The second-order valence-corrected chi connectivity index (χ2v) is 11.2. The molecular formula is C31H35N5O4S. The number of aliphatic hydroxyl groups is 1. The molecule has 0 aliphatic carbocycles. The van der Waals surface area contributed by atoms with E-state index in [-0.39, 0.29) is 11.7 Å². The summed E-state index contributed by atoms with van der Waals surface area (Å²) in [6, 6.07) is 20.0. The molecule has 2 aromatic heterocycles. The van der Waals surface area contributed by atoms with Gasteiger partial charge in [-0.3, -0.25) is 4.79 Å². The molecule has 3 heterocycles. The Kier molecular flexibility index (Phi) is 9.79. The zero-order valence-corrected chi connectivity index (χ0v) is 23.6. The van der Waals surface area contributed by atoms with Gasteiger partial charge in [-0.25, -0.2) is 9.97 Å². The van der Waals surface area contributed by atoms with E-state index in [1.165, 1.54) is 11.3 Å². The smallest absolute Gasteiger partial charge is 0.261 e. The fourth-order valence-electron chi connectivity index (χ4n) is 4.75. The van der Waals surface area contributed by atoms with Gasteiger partial charge in [0, 0.05) is 37.6 Å². The van der Waals surface area contributed by atoms with Crippen LogP contribution in [0.2, 0.25) is 0 Å². The number of hydrogen-bond donors (Lipinski definition) is 4. The number of carbonyl (C=O) groups is 1. The summed E-state index contributed by atoms with van der Waals surface area (Å²) in [5.41, 5.74) is 2.37. The number of aliphatic hydroxyl groups excluding tert-OH is 1. The third-order valence-corrected chi connectivity index (χ3v) is 8.15. The minimum atomic E-state index is -0.180. The van der Waals surface area contributed by atoms with Gasteiger partial charge in [-0.15, -0.1) is 11.3 Å². The van der Waals surface area contributed by atoms with Gasteiger partial charge in [0.15, 0.2) is 0 Å². The number of amides is 1. The van der Waals surface area contributed by atoms with Crippen molar-refractivity contribution in [2.75, 3.05) is 38.2 Å². The predicted octanol–water partition coefficient (Wildman–Crippen LogP) is 5.06. The number of thiophene rings is 1. The fraction of sp³-hybridized carbons (Fsp3) is 0.323. The molecule has 214 valence electrons. The van der Waals surface area contributed by atoms with Gasteiger partial charge in [0.05, 0.1) is 22.1 Å². The van der Waals surface area contributed by atoms with Crippen LogP contribution in [-0.4, -0.2) is 63.8 Å². The third-order valence-electron chi connectivity index (χ3n) is 7.04. The van der Waals surface area contributed by atoms with Crippen molar-refractivity contribution in [1.29, 1.82) is 0 Å². The highest BCUT2D eigenvalue weighted by atomic mass is 32.1. The van der Waals surface area contributed by atoms with Crippen molar-refractivity contribution >= 4 is 28.9 Å². The van der Waals surface area contributed by atoms with E-state index in [0.29, 0.717) is 36.5 Å². The number of piperidine rings is 1. The van der Waals surface area contributed by atoms with Gasteiger partial charge in [-0.05, 0) is 86.3 Å². The number of nitrogens with zero attached hydrogens (tertiary/aromatic N) is 3. The van der Waals surface area contributed by atoms with Crippen LogP contribution in [0.5, 0.6) is 11.5 Å². The standard InChI is InChI=1S/C31H35N5O4S/c37-21-22-11-15-36(16-12-22)14-3-17-40-26-7-2-5-24(19-26)34-31-32-13-10-27(35-31)28-8-9-29(41-28)30(39)33-20-23-4-1-6-25(38)18-23/h1-2,4-10,13,18-19,22,37-38H,3,11-12,14-17,20-21H2,(H,33,39)(H,32,34,35). The summed E-state index contributed by atoms with van der Waals surface area (Å²) in [6.07, 6.45) is 4.77. The second kappa shape index (κ2) is 14.1. The summed E-state index contributed by atoms with van der Waals surface area (Å²) in [7, 11) is 0. The highest BCUT2D eigenvalue weighted by molar-refractivity contribution is 7.17. The highest BCUT2D eigenvalue weighted by Gasteiger charge is 2.18. The van der Waals surface area contributed by atoms with Gasteiger partial charge >= 0.3 is 0 Å². The Morgan fingerprint density at radius 3 is 2.76 bits per heavy atom. The number of anilines is 2. The molecule has 1 aliphatic rings. The van der Waals surface area contributed by atoms with Crippen molar-refractivity contribution in [3.05, 3.63) is 83.4 Å². The van der Waals surface area contributed by atoms with E-state index in [1.54, 1.807) is 30.5 Å². The van der Waals surface area contributed by atoms with Crippen molar-refractivity contribution in [3.8, 4) is 22.1 Å². The van der Waals surface area contributed by atoms with Gasteiger partial charge < -0.3 is 30.5 Å². The van der Waals surface area contributed by atoms with Gasteiger partial charge in [0.2, 0.25) is 5.95 Å². The first-order valence-corrected chi connectivity index (χ1v) is 14.7. The van der Waals surface area contributed by atoms with Crippen LogP contribution in [0.4, 0.5) is 11.6 Å². The second-order valence-electron chi connectivity index (χ2n) is 10.1. The molecule has 0 saturated carbocycles. The Bertz CT molecular complexity index is 1440. The van der Waals surface area contributed by atoms with E-state index in [0.717, 1.165) is 66.5 Å². The lowest BCUT2D eigenvalue weighted by Crippen LogP contribution is -2.35. The first kappa shape index (κ1) is 28.5. The lowest BCUT2D eigenvalue weighted by atomic mass is 9.98. The molecule has 5 rings (SSSR count). The number of likely N-dealkylation sites (tertiary alicyclic amines) is 1. The summed E-state index contributed by atoms with van der Waals surface area (Å²) < 4.78 is 5.99. The first-order valence-electron chi connectivity index (χ1n) is 13.9. The van der Waals surface area contributed by atoms with Crippen molar-refractivity contribution < 1.29 is 19.7 Å². The number of phenolic OH excluding ortho intramolecular Hbond substituents is 1. The zero-order valence-electron chi connectivity index (χ0n) is 22.8. The maximum atomic E-state index is 12.7. The largest absolute Gasteiger partial charge is 0.508 e. The molecule has 0 bridgehead atoms. The average Bonchev–Trinajstić information content (AvgIpc) is 3.50. The highest BCUT2D eigenvalue weighted by Crippen LogP contribution is 2.28. The number of phenols is 1. The van der Waals surface area contributed by atoms with E-state index < -0.39 is 0 Å². The predicted molar refractivity (Wildman–Crippen MR) is 161 cm³/mol. The van der Waals surface area contributed by atoms with Gasteiger partial charge in [-0.2, -0.15) is 0 Å². The molecule has 0 radical (unpaired) electrons. The summed E-state index contributed by atoms with van der Waals surface area (Å²) in [5.74, 6) is 1.68. The SMILES string of the molecule is O=C(NCc1cccc(O)c1)c1ccc(-c2ccnc(Nc3cccc(OCCCN4CCC(CO)CC4)c3)n2)s1. The number of hydrogen-bond acceptors (Lipinski definition) is 9. The van der Waals surface area contributed by atoms with Crippen LogP contribution < -0.4 is 15.4 Å². The number of benzene rings is 2. The third kappa shape index (κ3) is 8.26. The molecule has 4 N–H and O–H groups in total. The summed E-state index contributed by atoms with van der Waals surface area (Å²) in [5, 5.41) is 25.1. The fourth-order valence-corrected chi connectivity index (χ4v) is 5.65. The van der Waals surface area contributed by atoms with Crippen LogP contribution in [0.25, 0.3) is 10.6 Å². The minimum Gasteiger partial charge on any atom is -0.508 e. The first-order chi connectivity index (χ1) is 20.1. The Balaban J connectivity index is 1.12. The molecule has 0 atom stereocenters. The van der Waals surface area contributed by atoms with Crippen LogP contribution in [-0.2, 0) is 6.54 Å². The number of nitrogens with one attached hydrogen (secondary N) is 2. The summed E-state index contributed by atoms with van der Waals surface area (Å²) in [4.78, 5) is 25.5. The quantitative estimate of drug-likeness (QED) is 0.174. The van der Waals surface area contributed by atoms with E-state index in [2.05, 4.69) is 25.5 Å². The minimum absolute atomic E-state index is 0.171. The van der Waals surface area contributed by atoms with Crippen molar-refractivity contribution in [3.63, 3.8) is 0 Å². The molecule has 0 spiro atoms. The topological polar surface area (TPSA) is 120 Å². The Labute approximate surface area is 243 Å².